The van der Waals surface area contributed by atoms with E-state index < -0.39 is 0 Å². The van der Waals surface area contributed by atoms with Crippen molar-refractivity contribution in [1.29, 1.82) is 0 Å². The van der Waals surface area contributed by atoms with E-state index >= 15 is 0 Å². The van der Waals surface area contributed by atoms with Gasteiger partial charge in [0.25, 0.3) is 0 Å². The molecule has 7 heteroatoms. The lowest BCUT2D eigenvalue weighted by Crippen LogP contribution is -2.41. The monoisotopic (exact) mass is 266 g/mol. The lowest BCUT2D eigenvalue weighted by Gasteiger charge is -2.38. The molecule has 18 heavy (non-hydrogen) atoms. The third-order valence-corrected chi connectivity index (χ3v) is 3.67. The van der Waals surface area contributed by atoms with Crippen molar-refractivity contribution in [3.63, 3.8) is 0 Å². The zero-order chi connectivity index (χ0) is 12.4. The molecule has 0 saturated heterocycles. The van der Waals surface area contributed by atoms with Crippen molar-refractivity contribution in [3.05, 3.63) is 12.1 Å². The van der Waals surface area contributed by atoms with E-state index in [1.54, 1.807) is 0 Å². The van der Waals surface area contributed by atoms with Crippen LogP contribution in [0.3, 0.4) is 0 Å². The number of aromatic nitrogens is 5. The first-order valence-electron chi connectivity index (χ1n) is 6.26. The molecule has 0 bridgehead atoms. The molecule has 0 aromatic carbocycles. The van der Waals surface area contributed by atoms with E-state index in [1.807, 2.05) is 12.1 Å². The SMILES string of the molecule is ClCCCN(c1ccc2nnnn2n1)C1CCC1. The van der Waals surface area contributed by atoms with Gasteiger partial charge >= 0.3 is 0 Å². The molecule has 0 amide bonds. The van der Waals surface area contributed by atoms with Gasteiger partial charge in [-0.1, -0.05) is 0 Å². The molecular weight excluding hydrogens is 252 g/mol. The van der Waals surface area contributed by atoms with Crippen molar-refractivity contribution in [2.45, 2.75) is 31.7 Å². The molecule has 2 aromatic heterocycles. The standard InChI is InChI=1S/C11H15ClN6/c12-7-2-8-17(9-3-1-4-9)11-6-5-10-13-15-16-18(10)14-11/h5-6,9H,1-4,7-8H2. The summed E-state index contributed by atoms with van der Waals surface area (Å²) >= 11 is 5.79. The van der Waals surface area contributed by atoms with Crippen LogP contribution in [0.2, 0.25) is 0 Å². The van der Waals surface area contributed by atoms with Gasteiger partial charge in [-0.25, -0.2) is 0 Å². The number of tetrazole rings is 1. The zero-order valence-corrected chi connectivity index (χ0v) is 10.8. The fraction of sp³-hybridized carbons (Fsp3) is 0.636. The first-order chi connectivity index (χ1) is 8.88. The second-order valence-electron chi connectivity index (χ2n) is 4.54. The summed E-state index contributed by atoms with van der Waals surface area (Å²) in [4.78, 5) is 2.33. The predicted octanol–water partition coefficient (Wildman–Crippen LogP) is 1.51. The second-order valence-corrected chi connectivity index (χ2v) is 4.92. The second kappa shape index (κ2) is 5.06. The highest BCUT2D eigenvalue weighted by Gasteiger charge is 2.26. The number of rotatable bonds is 5. The number of alkyl halides is 1. The van der Waals surface area contributed by atoms with E-state index in [2.05, 4.69) is 25.5 Å². The lowest BCUT2D eigenvalue weighted by atomic mass is 9.91. The molecule has 0 aliphatic heterocycles. The normalized spacial score (nSPS) is 15.8. The number of halogens is 1. The van der Waals surface area contributed by atoms with E-state index in [1.165, 1.54) is 23.9 Å². The molecule has 6 nitrogen and oxygen atoms in total. The van der Waals surface area contributed by atoms with Gasteiger partial charge in [0.1, 0.15) is 0 Å². The molecular formula is C11H15ClN6. The van der Waals surface area contributed by atoms with Gasteiger partial charge in [0.2, 0.25) is 0 Å². The Morgan fingerprint density at radius 1 is 1.39 bits per heavy atom. The fourth-order valence-electron chi connectivity index (χ4n) is 2.21. The highest BCUT2D eigenvalue weighted by atomic mass is 35.5. The molecule has 1 aliphatic carbocycles. The van der Waals surface area contributed by atoms with Crippen LogP contribution in [0.25, 0.3) is 5.65 Å². The summed E-state index contributed by atoms with van der Waals surface area (Å²) in [6.45, 7) is 0.939. The largest absolute Gasteiger partial charge is 0.352 e. The predicted molar refractivity (Wildman–Crippen MR) is 68.9 cm³/mol. The molecule has 0 unspecified atom stereocenters. The van der Waals surface area contributed by atoms with Crippen molar-refractivity contribution in [2.75, 3.05) is 17.3 Å². The van der Waals surface area contributed by atoms with Crippen molar-refractivity contribution < 1.29 is 0 Å². The van der Waals surface area contributed by atoms with Crippen LogP contribution in [0.15, 0.2) is 12.1 Å². The third-order valence-electron chi connectivity index (χ3n) is 3.40. The molecule has 3 rings (SSSR count). The zero-order valence-electron chi connectivity index (χ0n) is 10.0. The first-order valence-corrected chi connectivity index (χ1v) is 6.80. The fourth-order valence-corrected chi connectivity index (χ4v) is 2.33. The van der Waals surface area contributed by atoms with E-state index in [9.17, 15) is 0 Å². The Kier molecular flexibility index (Phi) is 3.27. The minimum atomic E-state index is 0.592. The molecule has 0 N–H and O–H groups in total. The van der Waals surface area contributed by atoms with Crippen molar-refractivity contribution in [3.8, 4) is 0 Å². The molecule has 0 radical (unpaired) electrons. The van der Waals surface area contributed by atoms with Gasteiger partial charge in [0.15, 0.2) is 11.5 Å². The lowest BCUT2D eigenvalue weighted by molar-refractivity contribution is 0.382. The Labute approximate surface area is 110 Å². The first kappa shape index (κ1) is 11.6. The molecule has 96 valence electrons. The maximum Gasteiger partial charge on any atom is 0.200 e. The quantitative estimate of drug-likeness (QED) is 0.768. The summed E-state index contributed by atoms with van der Waals surface area (Å²) < 4.78 is 1.47. The van der Waals surface area contributed by atoms with Gasteiger partial charge in [-0.05, 0) is 48.2 Å². The summed E-state index contributed by atoms with van der Waals surface area (Å²) in [5.41, 5.74) is 0.671. The molecule has 0 atom stereocenters. The minimum absolute atomic E-state index is 0.592. The maximum absolute atomic E-state index is 5.79. The summed E-state index contributed by atoms with van der Waals surface area (Å²) in [7, 11) is 0. The average Bonchev–Trinajstić information content (AvgIpc) is 2.78. The highest BCUT2D eigenvalue weighted by molar-refractivity contribution is 6.17. The van der Waals surface area contributed by atoms with Crippen molar-refractivity contribution in [1.82, 2.24) is 25.3 Å². The van der Waals surface area contributed by atoms with Crippen LogP contribution >= 0.6 is 11.6 Å². The highest BCUT2D eigenvalue weighted by Crippen LogP contribution is 2.28. The van der Waals surface area contributed by atoms with Gasteiger partial charge < -0.3 is 4.90 Å². The van der Waals surface area contributed by atoms with Gasteiger partial charge in [-0.2, -0.15) is 0 Å². The Morgan fingerprint density at radius 3 is 3.00 bits per heavy atom. The van der Waals surface area contributed by atoms with Gasteiger partial charge in [-0.15, -0.1) is 26.4 Å². The van der Waals surface area contributed by atoms with Crippen molar-refractivity contribution >= 4 is 23.1 Å². The summed E-state index contributed by atoms with van der Waals surface area (Å²) in [5.74, 6) is 1.61. The Hall–Kier alpha value is -1.43. The van der Waals surface area contributed by atoms with E-state index in [0.717, 1.165) is 18.8 Å². The van der Waals surface area contributed by atoms with Crippen LogP contribution in [0.5, 0.6) is 0 Å². The van der Waals surface area contributed by atoms with Crippen LogP contribution in [0.4, 0.5) is 5.82 Å². The maximum atomic E-state index is 5.79. The van der Waals surface area contributed by atoms with E-state index in [-0.39, 0.29) is 0 Å². The summed E-state index contributed by atoms with van der Waals surface area (Å²) in [5, 5.41) is 15.8. The van der Waals surface area contributed by atoms with Crippen LogP contribution in [0, 0.1) is 0 Å². The Balaban J connectivity index is 1.86. The number of nitrogens with zero attached hydrogens (tertiary/aromatic N) is 6. The molecule has 1 saturated carbocycles. The summed E-state index contributed by atoms with van der Waals surface area (Å²) in [6.07, 6.45) is 4.73. The molecule has 2 aromatic rings. The third kappa shape index (κ3) is 2.12. The van der Waals surface area contributed by atoms with Crippen LogP contribution in [-0.2, 0) is 0 Å². The minimum Gasteiger partial charge on any atom is -0.352 e. The Morgan fingerprint density at radius 2 is 2.28 bits per heavy atom. The van der Waals surface area contributed by atoms with Crippen molar-refractivity contribution in [2.24, 2.45) is 0 Å². The van der Waals surface area contributed by atoms with Gasteiger partial charge in [-0.3, -0.25) is 0 Å². The average molecular weight is 267 g/mol. The summed E-state index contributed by atoms with van der Waals surface area (Å²) in [6, 6.07) is 4.47. The number of hydrogen-bond donors (Lipinski definition) is 0. The van der Waals surface area contributed by atoms with Crippen LogP contribution in [-0.4, -0.2) is 43.7 Å². The number of fused-ring (bicyclic) bond motifs is 1. The van der Waals surface area contributed by atoms with Crippen LogP contribution < -0.4 is 4.90 Å². The smallest absolute Gasteiger partial charge is 0.200 e. The number of anilines is 1. The molecule has 1 aliphatic rings. The topological polar surface area (TPSA) is 59.2 Å². The number of hydrogen-bond acceptors (Lipinski definition) is 5. The molecule has 1 fully saturated rings. The van der Waals surface area contributed by atoms with E-state index in [0.29, 0.717) is 17.6 Å². The molecule has 0 spiro atoms. The molecule has 2 heterocycles. The van der Waals surface area contributed by atoms with E-state index in [4.69, 9.17) is 11.6 Å². The van der Waals surface area contributed by atoms with Crippen LogP contribution in [0.1, 0.15) is 25.7 Å². The van der Waals surface area contributed by atoms with Gasteiger partial charge in [0, 0.05) is 18.5 Å². The van der Waals surface area contributed by atoms with Gasteiger partial charge in [0.05, 0.1) is 0 Å². The Bertz CT molecular complexity index is 523.